The van der Waals surface area contributed by atoms with Gasteiger partial charge in [0.2, 0.25) is 11.7 Å². The van der Waals surface area contributed by atoms with Crippen LogP contribution in [-0.2, 0) is 6.54 Å². The summed E-state index contributed by atoms with van der Waals surface area (Å²) >= 11 is 0. The van der Waals surface area contributed by atoms with Crippen molar-refractivity contribution < 1.29 is 9.26 Å². The summed E-state index contributed by atoms with van der Waals surface area (Å²) in [4.78, 5) is 4.21. The Kier molecular flexibility index (Phi) is 3.10. The third kappa shape index (κ3) is 2.14. The van der Waals surface area contributed by atoms with Crippen LogP contribution in [0.4, 0.5) is 0 Å². The van der Waals surface area contributed by atoms with Crippen molar-refractivity contribution in [3.8, 4) is 17.1 Å². The molecular weight excluding hydrogens is 218 g/mol. The number of ether oxygens (including phenoxy) is 1. The van der Waals surface area contributed by atoms with Gasteiger partial charge < -0.3 is 15.0 Å². The van der Waals surface area contributed by atoms with Gasteiger partial charge in [0.15, 0.2) is 0 Å². The van der Waals surface area contributed by atoms with Gasteiger partial charge in [-0.3, -0.25) is 0 Å². The summed E-state index contributed by atoms with van der Waals surface area (Å²) in [7, 11) is 1.63. The molecule has 0 fully saturated rings. The van der Waals surface area contributed by atoms with E-state index in [1.54, 1.807) is 7.11 Å². The Morgan fingerprint density at radius 3 is 2.71 bits per heavy atom. The maximum absolute atomic E-state index is 5.44. The first-order chi connectivity index (χ1) is 8.15. The van der Waals surface area contributed by atoms with E-state index >= 15 is 0 Å². The Hall–Kier alpha value is -1.88. The number of aromatic nitrogens is 2. The second-order valence-corrected chi connectivity index (χ2v) is 3.88. The molecule has 0 aliphatic rings. The SMILES string of the molecule is COc1c(C)cc(C)cc1-c1noc(CN)n1. The van der Waals surface area contributed by atoms with Crippen molar-refractivity contribution >= 4 is 0 Å². The molecule has 0 aliphatic carbocycles. The topological polar surface area (TPSA) is 74.2 Å². The molecule has 0 aliphatic heterocycles. The maximum atomic E-state index is 5.44. The van der Waals surface area contributed by atoms with E-state index in [1.807, 2.05) is 26.0 Å². The van der Waals surface area contributed by atoms with Gasteiger partial charge in [0.1, 0.15) is 5.75 Å². The molecule has 5 nitrogen and oxygen atoms in total. The zero-order valence-electron chi connectivity index (χ0n) is 10.2. The molecule has 0 amide bonds. The van der Waals surface area contributed by atoms with Gasteiger partial charge >= 0.3 is 0 Å². The Labute approximate surface area is 99.6 Å². The highest BCUT2D eigenvalue weighted by Crippen LogP contribution is 2.32. The molecule has 1 aromatic carbocycles. The van der Waals surface area contributed by atoms with Gasteiger partial charge in [0.05, 0.1) is 19.2 Å². The van der Waals surface area contributed by atoms with Crippen molar-refractivity contribution in [1.29, 1.82) is 0 Å². The summed E-state index contributed by atoms with van der Waals surface area (Å²) in [5.41, 5.74) is 8.44. The van der Waals surface area contributed by atoms with Crippen LogP contribution in [0.25, 0.3) is 11.4 Å². The molecule has 0 unspecified atom stereocenters. The first kappa shape index (κ1) is 11.6. The smallest absolute Gasteiger partial charge is 0.240 e. The van der Waals surface area contributed by atoms with Crippen LogP contribution < -0.4 is 10.5 Å². The molecule has 0 saturated heterocycles. The summed E-state index contributed by atoms with van der Waals surface area (Å²) in [5, 5.41) is 3.90. The van der Waals surface area contributed by atoms with E-state index in [-0.39, 0.29) is 6.54 Å². The molecular formula is C12H15N3O2. The minimum absolute atomic E-state index is 0.236. The Balaban J connectivity index is 2.57. The molecule has 17 heavy (non-hydrogen) atoms. The maximum Gasteiger partial charge on any atom is 0.240 e. The van der Waals surface area contributed by atoms with Crippen molar-refractivity contribution in [2.24, 2.45) is 5.73 Å². The summed E-state index contributed by atoms with van der Waals surface area (Å²) in [6, 6.07) is 4.02. The molecule has 1 heterocycles. The number of hydrogen-bond acceptors (Lipinski definition) is 5. The van der Waals surface area contributed by atoms with E-state index in [9.17, 15) is 0 Å². The molecule has 0 spiro atoms. The van der Waals surface area contributed by atoms with Crippen LogP contribution in [0.1, 0.15) is 17.0 Å². The van der Waals surface area contributed by atoms with Crippen LogP contribution >= 0.6 is 0 Å². The molecule has 90 valence electrons. The minimum atomic E-state index is 0.236. The molecule has 2 aromatic rings. The normalized spacial score (nSPS) is 10.6. The molecule has 1 aromatic heterocycles. The number of benzene rings is 1. The first-order valence-corrected chi connectivity index (χ1v) is 5.34. The number of methoxy groups -OCH3 is 1. The van der Waals surface area contributed by atoms with E-state index in [4.69, 9.17) is 15.0 Å². The van der Waals surface area contributed by atoms with Gasteiger partial charge in [-0.15, -0.1) is 0 Å². The monoisotopic (exact) mass is 233 g/mol. The third-order valence-corrected chi connectivity index (χ3v) is 2.51. The van der Waals surface area contributed by atoms with Crippen molar-refractivity contribution in [2.45, 2.75) is 20.4 Å². The van der Waals surface area contributed by atoms with Crippen LogP contribution in [0.3, 0.4) is 0 Å². The van der Waals surface area contributed by atoms with Crippen LogP contribution in [0.15, 0.2) is 16.7 Å². The molecule has 5 heteroatoms. The highest BCUT2D eigenvalue weighted by atomic mass is 16.5. The van der Waals surface area contributed by atoms with Gasteiger partial charge in [-0.2, -0.15) is 4.98 Å². The lowest BCUT2D eigenvalue weighted by atomic mass is 10.1. The van der Waals surface area contributed by atoms with Crippen molar-refractivity contribution in [3.63, 3.8) is 0 Å². The van der Waals surface area contributed by atoms with Crippen LogP contribution in [0.5, 0.6) is 5.75 Å². The van der Waals surface area contributed by atoms with Gasteiger partial charge in [-0.05, 0) is 31.0 Å². The van der Waals surface area contributed by atoms with Crippen molar-refractivity contribution in [1.82, 2.24) is 10.1 Å². The van der Waals surface area contributed by atoms with Crippen LogP contribution in [0, 0.1) is 13.8 Å². The van der Waals surface area contributed by atoms with Crippen molar-refractivity contribution in [3.05, 3.63) is 29.2 Å². The molecule has 0 atom stereocenters. The average molecular weight is 233 g/mol. The molecule has 0 saturated carbocycles. The summed E-state index contributed by atoms with van der Waals surface area (Å²) in [6.07, 6.45) is 0. The van der Waals surface area contributed by atoms with Crippen LogP contribution in [0.2, 0.25) is 0 Å². The predicted molar refractivity (Wildman–Crippen MR) is 63.7 cm³/mol. The lowest BCUT2D eigenvalue weighted by molar-refractivity contribution is 0.379. The predicted octanol–water partition coefficient (Wildman–Crippen LogP) is 1.82. The summed E-state index contributed by atoms with van der Waals surface area (Å²) in [5.74, 6) is 1.69. The number of aryl methyl sites for hydroxylation is 2. The van der Waals surface area contributed by atoms with E-state index in [1.165, 1.54) is 0 Å². The largest absolute Gasteiger partial charge is 0.496 e. The van der Waals surface area contributed by atoms with Crippen LogP contribution in [-0.4, -0.2) is 17.3 Å². The second-order valence-electron chi connectivity index (χ2n) is 3.88. The number of hydrogen-bond donors (Lipinski definition) is 1. The second kappa shape index (κ2) is 4.55. The average Bonchev–Trinajstić information content (AvgIpc) is 2.76. The summed E-state index contributed by atoms with van der Waals surface area (Å²) in [6.45, 7) is 4.24. The molecule has 0 bridgehead atoms. The third-order valence-electron chi connectivity index (χ3n) is 2.51. The van der Waals surface area contributed by atoms with E-state index in [0.717, 1.165) is 22.4 Å². The molecule has 0 radical (unpaired) electrons. The lowest BCUT2D eigenvalue weighted by Crippen LogP contribution is -1.97. The standard InChI is InChI=1S/C12H15N3O2/c1-7-4-8(2)11(16-3)9(5-7)12-14-10(6-13)17-15-12/h4-5H,6,13H2,1-3H3. The van der Waals surface area contributed by atoms with Gasteiger partial charge in [0, 0.05) is 0 Å². The Morgan fingerprint density at radius 2 is 2.12 bits per heavy atom. The lowest BCUT2D eigenvalue weighted by Gasteiger charge is -2.09. The van der Waals surface area contributed by atoms with E-state index < -0.39 is 0 Å². The minimum Gasteiger partial charge on any atom is -0.496 e. The van der Waals surface area contributed by atoms with E-state index in [2.05, 4.69) is 10.1 Å². The highest BCUT2D eigenvalue weighted by Gasteiger charge is 2.15. The fourth-order valence-corrected chi connectivity index (χ4v) is 1.84. The fraction of sp³-hybridized carbons (Fsp3) is 0.333. The Morgan fingerprint density at radius 1 is 1.35 bits per heavy atom. The number of rotatable bonds is 3. The number of nitrogens with zero attached hydrogens (tertiary/aromatic N) is 2. The van der Waals surface area contributed by atoms with E-state index in [0.29, 0.717) is 11.7 Å². The number of nitrogens with two attached hydrogens (primary N) is 1. The summed E-state index contributed by atoms with van der Waals surface area (Å²) < 4.78 is 10.4. The van der Waals surface area contributed by atoms with Gasteiger partial charge in [-0.1, -0.05) is 11.2 Å². The van der Waals surface area contributed by atoms with Crippen molar-refractivity contribution in [2.75, 3.05) is 7.11 Å². The molecule has 2 rings (SSSR count). The fourth-order valence-electron chi connectivity index (χ4n) is 1.84. The van der Waals surface area contributed by atoms with Gasteiger partial charge in [0.25, 0.3) is 0 Å². The Bertz CT molecular complexity index is 535. The zero-order valence-corrected chi connectivity index (χ0v) is 10.2. The zero-order chi connectivity index (χ0) is 12.4. The van der Waals surface area contributed by atoms with Gasteiger partial charge in [-0.25, -0.2) is 0 Å². The highest BCUT2D eigenvalue weighted by molar-refractivity contribution is 5.67. The molecule has 2 N–H and O–H groups in total. The first-order valence-electron chi connectivity index (χ1n) is 5.34. The quantitative estimate of drug-likeness (QED) is 0.875.